The van der Waals surface area contributed by atoms with Crippen LogP contribution in [0, 0.1) is 6.92 Å². The summed E-state index contributed by atoms with van der Waals surface area (Å²) in [6.45, 7) is 2.11. The van der Waals surface area contributed by atoms with Crippen molar-refractivity contribution in [1.82, 2.24) is 0 Å². The largest absolute Gasteiger partial charge is 0.457 e. The molecule has 130 valence electrons. The quantitative estimate of drug-likeness (QED) is 0.354. The van der Waals surface area contributed by atoms with Gasteiger partial charge in [-0.2, -0.15) is 0 Å². The molecule has 1 heteroatoms. The van der Waals surface area contributed by atoms with E-state index in [0.717, 1.165) is 11.5 Å². The van der Waals surface area contributed by atoms with Gasteiger partial charge in [-0.25, -0.2) is 0 Å². The van der Waals surface area contributed by atoms with Crippen LogP contribution in [0.1, 0.15) is 27.8 Å². The number of hydrogen-bond donors (Lipinski definition) is 0. The Morgan fingerprint density at radius 2 is 1.11 bits per heavy atom. The Labute approximate surface area is 159 Å². The van der Waals surface area contributed by atoms with Crippen LogP contribution in [0.4, 0.5) is 0 Å². The highest BCUT2D eigenvalue weighted by Gasteiger charge is 2.44. The Morgan fingerprint density at radius 3 is 1.78 bits per heavy atom. The van der Waals surface area contributed by atoms with E-state index in [9.17, 15) is 0 Å². The minimum atomic E-state index is -0.402. The van der Waals surface area contributed by atoms with Crippen molar-refractivity contribution in [3.8, 4) is 11.5 Å². The van der Waals surface area contributed by atoms with Gasteiger partial charge in [0, 0.05) is 11.1 Å². The number of benzene rings is 4. The maximum atomic E-state index is 6.36. The molecule has 0 bridgehead atoms. The average molecular weight is 348 g/mol. The molecule has 0 aromatic heterocycles. The summed E-state index contributed by atoms with van der Waals surface area (Å²) in [7, 11) is 0. The first-order valence-electron chi connectivity index (χ1n) is 9.29. The molecule has 0 fully saturated rings. The van der Waals surface area contributed by atoms with E-state index in [-0.39, 0.29) is 0 Å². The molecule has 27 heavy (non-hydrogen) atoms. The van der Waals surface area contributed by atoms with Crippen molar-refractivity contribution in [2.75, 3.05) is 0 Å². The second kappa shape index (κ2) is 6.14. The molecule has 0 amide bonds. The zero-order valence-corrected chi connectivity index (χ0v) is 15.2. The van der Waals surface area contributed by atoms with Crippen molar-refractivity contribution < 1.29 is 4.74 Å². The van der Waals surface area contributed by atoms with Crippen LogP contribution in [-0.4, -0.2) is 0 Å². The summed E-state index contributed by atoms with van der Waals surface area (Å²) in [6, 6.07) is 36.4. The molecule has 0 saturated carbocycles. The molecule has 0 aliphatic carbocycles. The molecular weight excluding hydrogens is 328 g/mol. The zero-order chi connectivity index (χ0) is 18.3. The zero-order valence-electron chi connectivity index (χ0n) is 15.2. The topological polar surface area (TPSA) is 9.23 Å². The smallest absolute Gasteiger partial charge is 0.132 e. The minimum Gasteiger partial charge on any atom is -0.457 e. The van der Waals surface area contributed by atoms with E-state index in [1.54, 1.807) is 0 Å². The fourth-order valence-electron chi connectivity index (χ4n) is 4.32. The number of fused-ring (bicyclic) bond motifs is 2. The lowest BCUT2D eigenvalue weighted by molar-refractivity contribution is 0.434. The van der Waals surface area contributed by atoms with Crippen LogP contribution in [0.2, 0.25) is 0 Å². The molecule has 0 saturated heterocycles. The van der Waals surface area contributed by atoms with E-state index in [1.807, 2.05) is 6.07 Å². The summed E-state index contributed by atoms with van der Waals surface area (Å²) in [5.41, 5.74) is 5.65. The third kappa shape index (κ3) is 2.32. The number of hydrogen-bond acceptors (Lipinski definition) is 1. The Bertz CT molecular complexity index is 1060. The van der Waals surface area contributed by atoms with E-state index in [2.05, 4.69) is 104 Å². The molecule has 0 atom stereocenters. The van der Waals surface area contributed by atoms with Gasteiger partial charge in [-0.3, -0.25) is 0 Å². The van der Waals surface area contributed by atoms with E-state index in [4.69, 9.17) is 4.74 Å². The lowest BCUT2D eigenvalue weighted by atomic mass is 9.63. The Balaban J connectivity index is 1.97. The van der Waals surface area contributed by atoms with Gasteiger partial charge in [-0.05, 0) is 35.7 Å². The first-order valence-corrected chi connectivity index (χ1v) is 9.29. The monoisotopic (exact) mass is 348 g/mol. The third-order valence-corrected chi connectivity index (χ3v) is 5.47. The van der Waals surface area contributed by atoms with E-state index < -0.39 is 5.41 Å². The fraction of sp³-hybridized carbons (Fsp3) is 0.0769. The predicted octanol–water partition coefficient (Wildman–Crippen LogP) is 6.48. The van der Waals surface area contributed by atoms with Gasteiger partial charge in [0.25, 0.3) is 0 Å². The molecule has 0 unspecified atom stereocenters. The van der Waals surface area contributed by atoms with Crippen molar-refractivity contribution in [3.05, 3.63) is 131 Å². The minimum absolute atomic E-state index is 0.402. The number of ether oxygens (including phenoxy) is 1. The van der Waals surface area contributed by atoms with Crippen LogP contribution in [0.15, 0.2) is 103 Å². The van der Waals surface area contributed by atoms with Gasteiger partial charge in [0.1, 0.15) is 11.5 Å². The fourth-order valence-corrected chi connectivity index (χ4v) is 4.32. The van der Waals surface area contributed by atoms with Gasteiger partial charge >= 0.3 is 0 Å². The third-order valence-electron chi connectivity index (χ3n) is 5.47. The SMILES string of the molecule is Cc1ccc2c(c1)Oc1ccccc1C2(c1ccccc1)c1ccccc1. The summed E-state index contributed by atoms with van der Waals surface area (Å²) in [5, 5.41) is 0. The molecule has 0 spiro atoms. The molecular formula is C26H20O. The normalized spacial score (nSPS) is 14.0. The van der Waals surface area contributed by atoms with E-state index >= 15 is 0 Å². The van der Waals surface area contributed by atoms with Crippen LogP contribution < -0.4 is 4.74 Å². The van der Waals surface area contributed by atoms with Crippen molar-refractivity contribution in [2.45, 2.75) is 12.3 Å². The molecule has 5 rings (SSSR count). The van der Waals surface area contributed by atoms with Gasteiger partial charge in [-0.15, -0.1) is 0 Å². The Kier molecular flexibility index (Phi) is 3.61. The van der Waals surface area contributed by atoms with Gasteiger partial charge in [-0.1, -0.05) is 91.0 Å². The average Bonchev–Trinajstić information content (AvgIpc) is 2.73. The highest BCUT2D eigenvalue weighted by atomic mass is 16.5. The van der Waals surface area contributed by atoms with Gasteiger partial charge in [0.2, 0.25) is 0 Å². The van der Waals surface area contributed by atoms with Crippen molar-refractivity contribution in [3.63, 3.8) is 0 Å². The maximum absolute atomic E-state index is 6.36. The van der Waals surface area contributed by atoms with Crippen molar-refractivity contribution in [1.29, 1.82) is 0 Å². The molecule has 1 heterocycles. The summed E-state index contributed by atoms with van der Waals surface area (Å²) >= 11 is 0. The predicted molar refractivity (Wildman–Crippen MR) is 110 cm³/mol. The lowest BCUT2D eigenvalue weighted by Gasteiger charge is -2.41. The van der Waals surface area contributed by atoms with Crippen molar-refractivity contribution >= 4 is 0 Å². The molecule has 1 aliphatic rings. The Morgan fingerprint density at radius 1 is 0.556 bits per heavy atom. The second-order valence-corrected chi connectivity index (χ2v) is 7.08. The summed E-state index contributed by atoms with van der Waals surface area (Å²) in [4.78, 5) is 0. The highest BCUT2D eigenvalue weighted by molar-refractivity contribution is 5.69. The molecule has 1 aliphatic heterocycles. The standard InChI is InChI=1S/C26H20O/c1-19-16-17-23-25(18-19)27-24-15-9-8-14-22(24)26(23,20-10-4-2-5-11-20)21-12-6-3-7-13-21/h2-18H,1H3. The highest BCUT2D eigenvalue weighted by Crippen LogP contribution is 2.55. The molecule has 1 nitrogen and oxygen atoms in total. The van der Waals surface area contributed by atoms with Crippen LogP contribution >= 0.6 is 0 Å². The van der Waals surface area contributed by atoms with Crippen molar-refractivity contribution in [2.24, 2.45) is 0 Å². The van der Waals surface area contributed by atoms with Crippen LogP contribution in [0.3, 0.4) is 0 Å². The van der Waals surface area contributed by atoms with E-state index in [0.29, 0.717) is 0 Å². The number of para-hydroxylation sites is 1. The molecule has 4 aromatic rings. The molecule has 0 radical (unpaired) electrons. The molecule has 4 aromatic carbocycles. The van der Waals surface area contributed by atoms with Crippen LogP contribution in [0.5, 0.6) is 11.5 Å². The summed E-state index contributed by atoms with van der Waals surface area (Å²) < 4.78 is 6.36. The van der Waals surface area contributed by atoms with Crippen LogP contribution in [-0.2, 0) is 5.41 Å². The first-order chi connectivity index (χ1) is 13.3. The van der Waals surface area contributed by atoms with Crippen LogP contribution in [0.25, 0.3) is 0 Å². The number of rotatable bonds is 2. The summed E-state index contributed by atoms with van der Waals surface area (Å²) in [6.07, 6.45) is 0. The maximum Gasteiger partial charge on any atom is 0.132 e. The molecule has 0 N–H and O–H groups in total. The summed E-state index contributed by atoms with van der Waals surface area (Å²) in [5.74, 6) is 1.85. The van der Waals surface area contributed by atoms with Gasteiger partial charge < -0.3 is 4.74 Å². The Hall–Kier alpha value is -3.32. The first kappa shape index (κ1) is 15.9. The van der Waals surface area contributed by atoms with Gasteiger partial charge in [0.05, 0.1) is 5.41 Å². The lowest BCUT2D eigenvalue weighted by Crippen LogP contribution is -2.34. The van der Waals surface area contributed by atoms with E-state index in [1.165, 1.54) is 27.8 Å². The second-order valence-electron chi connectivity index (χ2n) is 7.08. The number of aryl methyl sites for hydroxylation is 1. The van der Waals surface area contributed by atoms with Gasteiger partial charge in [0.15, 0.2) is 0 Å².